The summed E-state index contributed by atoms with van der Waals surface area (Å²) in [6.07, 6.45) is 60.2. The number of carbonyl (C=O) groups is 3. The summed E-state index contributed by atoms with van der Waals surface area (Å²) in [5.41, 5.74) is 0. The average Bonchev–Trinajstić information content (AvgIpc) is 3.28. The Labute approximate surface area is 392 Å². The second-order valence-corrected chi connectivity index (χ2v) is 18.8. The van der Waals surface area contributed by atoms with E-state index in [2.05, 4.69) is 45.1 Å². The summed E-state index contributed by atoms with van der Waals surface area (Å²) in [7, 11) is 0. The highest BCUT2D eigenvalue weighted by Crippen LogP contribution is 2.16. The van der Waals surface area contributed by atoms with Crippen LogP contribution >= 0.6 is 0 Å². The van der Waals surface area contributed by atoms with Gasteiger partial charge in [0.05, 0.1) is 0 Å². The van der Waals surface area contributed by atoms with Gasteiger partial charge in [0, 0.05) is 19.3 Å². The number of unbranched alkanes of at least 4 members (excludes halogenated alkanes) is 36. The molecule has 6 nitrogen and oxygen atoms in total. The fraction of sp³-hybridized carbons (Fsp3) is 0.877. The smallest absolute Gasteiger partial charge is 0.306 e. The maximum Gasteiger partial charge on any atom is 0.306 e. The third-order valence-electron chi connectivity index (χ3n) is 12.4. The average molecular weight is 887 g/mol. The number of esters is 3. The molecular weight excluding hydrogens is 781 g/mol. The second-order valence-electron chi connectivity index (χ2n) is 18.8. The molecule has 0 N–H and O–H groups in total. The minimum absolute atomic E-state index is 0.0744. The first-order valence-corrected chi connectivity index (χ1v) is 27.8. The van der Waals surface area contributed by atoms with Gasteiger partial charge < -0.3 is 14.2 Å². The summed E-state index contributed by atoms with van der Waals surface area (Å²) in [6, 6.07) is 0. The van der Waals surface area contributed by atoms with Crippen molar-refractivity contribution < 1.29 is 28.6 Å². The van der Waals surface area contributed by atoms with Crippen LogP contribution in [-0.2, 0) is 28.6 Å². The molecule has 0 radical (unpaired) electrons. The predicted molar refractivity (Wildman–Crippen MR) is 270 cm³/mol. The van der Waals surface area contributed by atoms with Crippen molar-refractivity contribution in [3.8, 4) is 0 Å². The van der Waals surface area contributed by atoms with E-state index in [9.17, 15) is 14.4 Å². The predicted octanol–water partition coefficient (Wildman–Crippen LogP) is 18.3. The van der Waals surface area contributed by atoms with Gasteiger partial charge >= 0.3 is 17.9 Å². The fourth-order valence-electron chi connectivity index (χ4n) is 8.20. The SMILES string of the molecule is CCCCCC/C=C\CCCCCCCC(=O)OCC(COC(=O)CCCCCCC/C=C\CCCCCC)OC(=O)CCCCCCCCCCCCCCCCCCCCC. The minimum atomic E-state index is -0.773. The molecule has 0 amide bonds. The van der Waals surface area contributed by atoms with Gasteiger partial charge in [-0.15, -0.1) is 0 Å². The summed E-state index contributed by atoms with van der Waals surface area (Å²) >= 11 is 0. The van der Waals surface area contributed by atoms with Gasteiger partial charge in [-0.2, -0.15) is 0 Å². The van der Waals surface area contributed by atoms with Crippen molar-refractivity contribution in [1.82, 2.24) is 0 Å². The van der Waals surface area contributed by atoms with Crippen LogP contribution in [0.5, 0.6) is 0 Å². The lowest BCUT2D eigenvalue weighted by atomic mass is 10.0. The van der Waals surface area contributed by atoms with E-state index in [1.54, 1.807) is 0 Å². The van der Waals surface area contributed by atoms with Crippen LogP contribution in [0.1, 0.15) is 303 Å². The molecule has 0 atom stereocenters. The van der Waals surface area contributed by atoms with Gasteiger partial charge in [0.25, 0.3) is 0 Å². The van der Waals surface area contributed by atoms with Crippen molar-refractivity contribution in [1.29, 1.82) is 0 Å². The topological polar surface area (TPSA) is 78.9 Å². The van der Waals surface area contributed by atoms with E-state index in [1.165, 1.54) is 193 Å². The van der Waals surface area contributed by atoms with Crippen molar-refractivity contribution in [2.45, 2.75) is 309 Å². The molecule has 0 aromatic carbocycles. The van der Waals surface area contributed by atoms with E-state index >= 15 is 0 Å². The summed E-state index contributed by atoms with van der Waals surface area (Å²) in [6.45, 7) is 6.63. The Kier molecular flexibility index (Phi) is 50.8. The molecule has 0 aliphatic carbocycles. The Bertz CT molecular complexity index is 968. The third-order valence-corrected chi connectivity index (χ3v) is 12.4. The number of hydrogen-bond donors (Lipinski definition) is 0. The van der Waals surface area contributed by atoms with Gasteiger partial charge in [-0.1, -0.05) is 238 Å². The van der Waals surface area contributed by atoms with Gasteiger partial charge in [-0.25, -0.2) is 0 Å². The summed E-state index contributed by atoms with van der Waals surface area (Å²) in [4.78, 5) is 38.0. The maximum atomic E-state index is 12.8. The largest absolute Gasteiger partial charge is 0.462 e. The summed E-state index contributed by atoms with van der Waals surface area (Å²) < 4.78 is 16.8. The van der Waals surface area contributed by atoms with E-state index in [1.807, 2.05) is 0 Å². The first-order valence-electron chi connectivity index (χ1n) is 27.8. The Morgan fingerprint density at radius 1 is 0.302 bits per heavy atom. The van der Waals surface area contributed by atoms with Gasteiger partial charge in [0.15, 0.2) is 6.10 Å². The second kappa shape index (κ2) is 52.5. The van der Waals surface area contributed by atoms with Crippen LogP contribution in [0.25, 0.3) is 0 Å². The van der Waals surface area contributed by atoms with Crippen molar-refractivity contribution in [2.75, 3.05) is 13.2 Å². The molecule has 0 aromatic heterocycles. The summed E-state index contributed by atoms with van der Waals surface area (Å²) in [5.74, 6) is -0.874. The van der Waals surface area contributed by atoms with Gasteiger partial charge in [0.1, 0.15) is 13.2 Å². The molecule has 6 heteroatoms. The highest BCUT2D eigenvalue weighted by molar-refractivity contribution is 5.71. The quantitative estimate of drug-likeness (QED) is 0.0262. The molecule has 0 saturated heterocycles. The molecule has 0 fully saturated rings. The Morgan fingerprint density at radius 3 is 0.810 bits per heavy atom. The van der Waals surface area contributed by atoms with E-state index < -0.39 is 6.10 Å². The Hall–Kier alpha value is -2.11. The summed E-state index contributed by atoms with van der Waals surface area (Å²) in [5, 5.41) is 0. The number of hydrogen-bond acceptors (Lipinski definition) is 6. The van der Waals surface area contributed by atoms with E-state index in [4.69, 9.17) is 14.2 Å². The lowest BCUT2D eigenvalue weighted by molar-refractivity contribution is -0.167. The number of ether oxygens (including phenoxy) is 3. The van der Waals surface area contributed by atoms with Crippen LogP contribution in [0.2, 0.25) is 0 Å². The molecule has 0 saturated carbocycles. The monoisotopic (exact) mass is 887 g/mol. The van der Waals surface area contributed by atoms with Crippen LogP contribution in [0.15, 0.2) is 24.3 Å². The molecule has 0 heterocycles. The Balaban J connectivity index is 4.32. The lowest BCUT2D eigenvalue weighted by Crippen LogP contribution is -2.30. The molecule has 0 aliphatic rings. The molecule has 0 aromatic rings. The molecule has 63 heavy (non-hydrogen) atoms. The van der Waals surface area contributed by atoms with Crippen molar-refractivity contribution in [2.24, 2.45) is 0 Å². The molecule has 0 rings (SSSR count). The zero-order valence-electron chi connectivity index (χ0n) is 42.4. The van der Waals surface area contributed by atoms with Gasteiger partial charge in [0.2, 0.25) is 0 Å². The van der Waals surface area contributed by atoms with Crippen LogP contribution in [0.3, 0.4) is 0 Å². The van der Waals surface area contributed by atoms with Crippen LogP contribution in [0.4, 0.5) is 0 Å². The number of carbonyl (C=O) groups excluding carboxylic acids is 3. The maximum absolute atomic E-state index is 12.8. The van der Waals surface area contributed by atoms with E-state index in [0.717, 1.165) is 70.6 Å². The fourth-order valence-corrected chi connectivity index (χ4v) is 8.20. The molecule has 0 bridgehead atoms. The molecule has 0 aliphatic heterocycles. The third kappa shape index (κ3) is 50.7. The minimum Gasteiger partial charge on any atom is -0.462 e. The van der Waals surface area contributed by atoms with Crippen LogP contribution in [-0.4, -0.2) is 37.2 Å². The van der Waals surface area contributed by atoms with Gasteiger partial charge in [-0.3, -0.25) is 14.4 Å². The van der Waals surface area contributed by atoms with Crippen molar-refractivity contribution in [3.05, 3.63) is 24.3 Å². The standard InChI is InChI=1S/C57H106O6/c1-4-7-10-13-16-19-22-25-26-27-28-29-30-33-36-39-42-45-48-51-57(60)63-54(52-61-55(58)49-46-43-40-37-34-31-23-20-17-14-11-8-5-2)53-62-56(59)50-47-44-41-38-35-32-24-21-18-15-12-9-6-3/h20-21,23-24,54H,4-19,22,25-53H2,1-3H3/b23-20-,24-21-. The number of rotatable bonds is 51. The van der Waals surface area contributed by atoms with Crippen molar-refractivity contribution >= 4 is 17.9 Å². The molecule has 370 valence electrons. The van der Waals surface area contributed by atoms with E-state index in [-0.39, 0.29) is 31.1 Å². The zero-order chi connectivity index (χ0) is 45.8. The number of allylic oxidation sites excluding steroid dienone is 4. The molecule has 0 unspecified atom stereocenters. The highest BCUT2D eigenvalue weighted by atomic mass is 16.6. The lowest BCUT2D eigenvalue weighted by Gasteiger charge is -2.18. The highest BCUT2D eigenvalue weighted by Gasteiger charge is 2.19. The van der Waals surface area contributed by atoms with Gasteiger partial charge in [-0.05, 0) is 70.6 Å². The zero-order valence-corrected chi connectivity index (χ0v) is 42.4. The first kappa shape index (κ1) is 60.9. The van der Waals surface area contributed by atoms with E-state index in [0.29, 0.717) is 19.3 Å². The van der Waals surface area contributed by atoms with Crippen LogP contribution < -0.4 is 0 Å². The van der Waals surface area contributed by atoms with Crippen LogP contribution in [0, 0.1) is 0 Å². The molecule has 0 spiro atoms. The first-order chi connectivity index (χ1) is 31.0. The normalized spacial score (nSPS) is 11.7. The Morgan fingerprint density at radius 2 is 0.524 bits per heavy atom. The van der Waals surface area contributed by atoms with Crippen molar-refractivity contribution in [3.63, 3.8) is 0 Å². The molecular formula is C57H106O6.